The zero-order valence-electron chi connectivity index (χ0n) is 8.91. The molecule has 0 fully saturated rings. The minimum atomic E-state index is -1.23. The first-order chi connectivity index (χ1) is 6.28. The van der Waals surface area contributed by atoms with Crippen molar-refractivity contribution in [3.8, 4) is 0 Å². The molecule has 5 nitrogen and oxygen atoms in total. The van der Waals surface area contributed by atoms with Gasteiger partial charge in [-0.15, -0.1) is 0 Å². The number of imide groups is 1. The summed E-state index contributed by atoms with van der Waals surface area (Å²) in [6.45, 7) is 5.86. The number of carbonyl (C=O) groups excluding carboxylic acids is 1. The molecule has 0 aromatic heterocycles. The van der Waals surface area contributed by atoms with Crippen molar-refractivity contribution in [2.45, 2.75) is 27.2 Å². The first kappa shape index (κ1) is 12.9. The topological polar surface area (TPSA) is 83.6 Å². The van der Waals surface area contributed by atoms with Gasteiger partial charge >= 0.3 is 6.09 Å². The van der Waals surface area contributed by atoms with Gasteiger partial charge < -0.3 is 10.8 Å². The summed E-state index contributed by atoms with van der Waals surface area (Å²) in [6.07, 6.45) is -1.02. The van der Waals surface area contributed by atoms with Gasteiger partial charge in [-0.2, -0.15) is 0 Å². The number of hydrogen-bond acceptors (Lipinski definition) is 3. The van der Waals surface area contributed by atoms with E-state index in [0.717, 1.165) is 4.90 Å². The molecule has 0 bridgehead atoms. The Labute approximate surface area is 83.9 Å². The zero-order chi connectivity index (χ0) is 11.4. The normalized spacial score (nSPS) is 11.1. The Morgan fingerprint density at radius 3 is 2.14 bits per heavy atom. The molecule has 0 spiro atoms. The molecule has 0 aliphatic carbocycles. The summed E-state index contributed by atoms with van der Waals surface area (Å²) in [4.78, 5) is 22.9. The Morgan fingerprint density at radius 1 is 1.36 bits per heavy atom. The van der Waals surface area contributed by atoms with E-state index in [9.17, 15) is 9.59 Å². The van der Waals surface area contributed by atoms with Crippen LogP contribution < -0.4 is 5.73 Å². The Morgan fingerprint density at radius 2 is 1.86 bits per heavy atom. The second-order valence-electron chi connectivity index (χ2n) is 4.35. The number of rotatable bonds is 3. The minimum absolute atomic E-state index is 0.0598. The van der Waals surface area contributed by atoms with Gasteiger partial charge in [-0.1, -0.05) is 20.8 Å². The highest BCUT2D eigenvalue weighted by Crippen LogP contribution is 2.19. The van der Waals surface area contributed by atoms with Crippen molar-refractivity contribution >= 4 is 12.0 Å². The van der Waals surface area contributed by atoms with E-state index >= 15 is 0 Å². The molecule has 0 heterocycles. The molecule has 0 unspecified atom stereocenters. The van der Waals surface area contributed by atoms with E-state index in [2.05, 4.69) is 0 Å². The van der Waals surface area contributed by atoms with E-state index in [0.29, 0.717) is 0 Å². The highest BCUT2D eigenvalue weighted by molar-refractivity contribution is 5.91. The van der Waals surface area contributed by atoms with Crippen LogP contribution in [0.5, 0.6) is 0 Å². The fourth-order valence-electron chi connectivity index (χ4n) is 1.01. The molecule has 0 saturated heterocycles. The highest BCUT2D eigenvalue weighted by atomic mass is 16.4. The van der Waals surface area contributed by atoms with Gasteiger partial charge in [0, 0.05) is 19.5 Å². The molecule has 0 radical (unpaired) electrons. The van der Waals surface area contributed by atoms with Crippen molar-refractivity contribution in [3.05, 3.63) is 0 Å². The first-order valence-electron chi connectivity index (χ1n) is 4.51. The van der Waals surface area contributed by atoms with Gasteiger partial charge in [0.25, 0.3) is 0 Å². The summed E-state index contributed by atoms with van der Waals surface area (Å²) >= 11 is 0. The number of carboxylic acid groups (broad SMARTS) is 1. The third-order valence-electron chi connectivity index (χ3n) is 1.57. The SMILES string of the molecule is CC(C)(C)CC(=O)N(CCN)C(=O)O. The largest absolute Gasteiger partial charge is 0.465 e. The number of nitrogens with two attached hydrogens (primary N) is 1. The van der Waals surface area contributed by atoms with Crippen LogP contribution in [0.15, 0.2) is 0 Å². The van der Waals surface area contributed by atoms with Crippen LogP contribution in [-0.2, 0) is 4.79 Å². The second-order valence-corrected chi connectivity index (χ2v) is 4.35. The molecule has 0 aromatic rings. The number of hydrogen-bond donors (Lipinski definition) is 2. The predicted molar refractivity (Wildman–Crippen MR) is 52.9 cm³/mol. The fourth-order valence-corrected chi connectivity index (χ4v) is 1.01. The summed E-state index contributed by atoms with van der Waals surface area (Å²) in [5.74, 6) is -0.393. The first-order valence-corrected chi connectivity index (χ1v) is 4.51. The molecular weight excluding hydrogens is 184 g/mol. The monoisotopic (exact) mass is 202 g/mol. The lowest BCUT2D eigenvalue weighted by Crippen LogP contribution is -2.40. The van der Waals surface area contributed by atoms with Crippen LogP contribution in [0, 0.1) is 5.41 Å². The highest BCUT2D eigenvalue weighted by Gasteiger charge is 2.24. The summed E-state index contributed by atoms with van der Waals surface area (Å²) in [5, 5.41) is 8.72. The quantitative estimate of drug-likeness (QED) is 0.711. The molecule has 82 valence electrons. The zero-order valence-corrected chi connectivity index (χ0v) is 8.91. The molecule has 0 aliphatic heterocycles. The maximum absolute atomic E-state index is 11.5. The van der Waals surface area contributed by atoms with Crippen molar-refractivity contribution in [1.29, 1.82) is 0 Å². The summed E-state index contributed by atoms with van der Waals surface area (Å²) < 4.78 is 0. The Kier molecular flexibility index (Phi) is 4.56. The van der Waals surface area contributed by atoms with Gasteiger partial charge in [-0.3, -0.25) is 4.79 Å². The van der Waals surface area contributed by atoms with E-state index in [4.69, 9.17) is 10.8 Å². The smallest absolute Gasteiger partial charge is 0.414 e. The summed E-state index contributed by atoms with van der Waals surface area (Å²) in [7, 11) is 0. The van der Waals surface area contributed by atoms with Crippen LogP contribution in [0.25, 0.3) is 0 Å². The molecule has 0 saturated carbocycles. The van der Waals surface area contributed by atoms with E-state index < -0.39 is 12.0 Å². The van der Waals surface area contributed by atoms with Crippen molar-refractivity contribution in [2.75, 3.05) is 13.1 Å². The molecule has 2 amide bonds. The molecule has 14 heavy (non-hydrogen) atoms. The predicted octanol–water partition coefficient (Wildman–Crippen LogP) is 0.888. The van der Waals surface area contributed by atoms with E-state index in [-0.39, 0.29) is 24.9 Å². The van der Waals surface area contributed by atoms with E-state index in [1.54, 1.807) is 0 Å². The van der Waals surface area contributed by atoms with Crippen LogP contribution in [-0.4, -0.2) is 35.1 Å². The second kappa shape index (κ2) is 4.95. The van der Waals surface area contributed by atoms with Gasteiger partial charge in [0.1, 0.15) is 0 Å². The van der Waals surface area contributed by atoms with Gasteiger partial charge in [-0.05, 0) is 5.41 Å². The molecular formula is C9H18N2O3. The lowest BCUT2D eigenvalue weighted by atomic mass is 9.91. The Balaban J connectivity index is 4.38. The lowest BCUT2D eigenvalue weighted by molar-refractivity contribution is -0.130. The molecule has 0 aromatic carbocycles. The summed E-state index contributed by atoms with van der Waals surface area (Å²) in [5.41, 5.74) is 5.00. The molecule has 0 aliphatic rings. The van der Waals surface area contributed by atoms with Crippen LogP contribution in [0.3, 0.4) is 0 Å². The number of carbonyl (C=O) groups is 2. The van der Waals surface area contributed by atoms with Crippen LogP contribution >= 0.6 is 0 Å². The van der Waals surface area contributed by atoms with Gasteiger partial charge in [0.05, 0.1) is 0 Å². The number of nitrogens with zero attached hydrogens (tertiary/aromatic N) is 1. The van der Waals surface area contributed by atoms with Crippen molar-refractivity contribution < 1.29 is 14.7 Å². The lowest BCUT2D eigenvalue weighted by Gasteiger charge is -2.22. The maximum Gasteiger partial charge on any atom is 0.414 e. The Bertz CT molecular complexity index is 221. The van der Waals surface area contributed by atoms with E-state index in [1.807, 2.05) is 20.8 Å². The van der Waals surface area contributed by atoms with Crippen LogP contribution in [0.1, 0.15) is 27.2 Å². The van der Waals surface area contributed by atoms with Crippen molar-refractivity contribution in [3.63, 3.8) is 0 Å². The molecule has 3 N–H and O–H groups in total. The standard InChI is InChI=1S/C9H18N2O3/c1-9(2,3)6-7(12)11(5-4-10)8(13)14/h4-6,10H2,1-3H3,(H,13,14). The third kappa shape index (κ3) is 4.81. The fraction of sp³-hybridized carbons (Fsp3) is 0.778. The Hall–Kier alpha value is -1.10. The van der Waals surface area contributed by atoms with Gasteiger partial charge in [0.15, 0.2) is 0 Å². The molecule has 0 atom stereocenters. The molecule has 0 rings (SSSR count). The van der Waals surface area contributed by atoms with Crippen molar-refractivity contribution in [2.24, 2.45) is 11.1 Å². The van der Waals surface area contributed by atoms with E-state index in [1.165, 1.54) is 0 Å². The maximum atomic E-state index is 11.5. The molecule has 5 heteroatoms. The van der Waals surface area contributed by atoms with Gasteiger partial charge in [0.2, 0.25) is 5.91 Å². The average Bonchev–Trinajstić information content (AvgIpc) is 1.95. The van der Waals surface area contributed by atoms with Crippen molar-refractivity contribution in [1.82, 2.24) is 4.90 Å². The van der Waals surface area contributed by atoms with Gasteiger partial charge in [-0.25, -0.2) is 9.69 Å². The number of amides is 2. The summed E-state index contributed by atoms with van der Waals surface area (Å²) in [6, 6.07) is 0. The minimum Gasteiger partial charge on any atom is -0.465 e. The van der Waals surface area contributed by atoms with Crippen LogP contribution in [0.4, 0.5) is 4.79 Å². The van der Waals surface area contributed by atoms with Crippen LogP contribution in [0.2, 0.25) is 0 Å². The average molecular weight is 202 g/mol. The third-order valence-corrected chi connectivity index (χ3v) is 1.57.